The molecule has 3 aromatic carbocycles. The van der Waals surface area contributed by atoms with Gasteiger partial charge in [0.1, 0.15) is 30.0 Å². The van der Waals surface area contributed by atoms with Crippen LogP contribution in [-0.2, 0) is 57.3 Å². The summed E-state index contributed by atoms with van der Waals surface area (Å²) in [4.78, 5) is 57.2. The number of fused-ring (bicyclic) bond motifs is 4. The van der Waals surface area contributed by atoms with E-state index in [9.17, 15) is 24.3 Å². The molecule has 2 saturated carbocycles. The third-order valence-corrected chi connectivity index (χ3v) is 15.7. The molecular weight excluding hydrogens is 873 g/mol. The number of hydrogen-bond acceptors (Lipinski definition) is 10. The number of nitrogens with zero attached hydrogens (tertiary/aromatic N) is 1. The zero-order chi connectivity index (χ0) is 48.9. The number of hydrogen-bond donors (Lipinski definition) is 2. The van der Waals surface area contributed by atoms with Gasteiger partial charge in [-0.25, -0.2) is 4.79 Å². The number of carbonyl (C=O) groups is 4. The van der Waals surface area contributed by atoms with E-state index >= 15 is 0 Å². The maximum atomic E-state index is 14.8. The van der Waals surface area contributed by atoms with E-state index in [4.69, 9.17) is 23.7 Å². The summed E-state index contributed by atoms with van der Waals surface area (Å²) in [5.74, 6) is -1.72. The van der Waals surface area contributed by atoms with E-state index in [1.807, 2.05) is 66.7 Å². The lowest BCUT2D eigenvalue weighted by atomic mass is 9.52. The molecule has 4 fully saturated rings. The van der Waals surface area contributed by atoms with E-state index in [1.54, 1.807) is 33.9 Å². The Labute approximate surface area is 407 Å². The summed E-state index contributed by atoms with van der Waals surface area (Å²) in [5.41, 5.74) is 5.93. The summed E-state index contributed by atoms with van der Waals surface area (Å²) >= 11 is 0. The Hall–Kier alpha value is -5.14. The maximum absolute atomic E-state index is 14.8. The number of epoxide rings is 1. The maximum Gasteiger partial charge on any atom is 0.338 e. The van der Waals surface area contributed by atoms with Gasteiger partial charge in [0.2, 0.25) is 11.8 Å². The Morgan fingerprint density at radius 3 is 2.28 bits per heavy atom. The molecule has 3 aromatic rings. The van der Waals surface area contributed by atoms with Crippen LogP contribution in [0.5, 0.6) is 0 Å². The molecule has 12 nitrogen and oxygen atoms in total. The zero-order valence-electron chi connectivity index (χ0n) is 41.3. The van der Waals surface area contributed by atoms with Gasteiger partial charge < -0.3 is 39.0 Å². The Balaban J connectivity index is 0.935. The van der Waals surface area contributed by atoms with E-state index < -0.39 is 72.1 Å². The summed E-state index contributed by atoms with van der Waals surface area (Å²) in [5, 5.41) is 13.2. The van der Waals surface area contributed by atoms with Crippen molar-refractivity contribution in [3.63, 3.8) is 0 Å². The molecule has 0 aromatic heterocycles. The first-order valence-corrected chi connectivity index (χ1v) is 25.1. The molecule has 1 spiro atoms. The molecule has 12 heteroatoms. The molecule has 0 radical (unpaired) electrons. The first kappa shape index (κ1) is 48.9. The van der Waals surface area contributed by atoms with Crippen LogP contribution >= 0.6 is 0 Å². The van der Waals surface area contributed by atoms with Gasteiger partial charge in [0, 0.05) is 44.7 Å². The average molecular weight is 943 g/mol. The highest BCUT2D eigenvalue weighted by Gasteiger charge is 2.57. The summed E-state index contributed by atoms with van der Waals surface area (Å²) in [7, 11) is 1.58. The van der Waals surface area contributed by atoms with Crippen molar-refractivity contribution in [3.8, 4) is 0 Å². The minimum absolute atomic E-state index is 0.0111. The van der Waals surface area contributed by atoms with Crippen molar-refractivity contribution in [2.45, 2.75) is 166 Å². The van der Waals surface area contributed by atoms with Crippen LogP contribution in [0.4, 0.5) is 0 Å². The third-order valence-electron chi connectivity index (χ3n) is 15.7. The van der Waals surface area contributed by atoms with Crippen LogP contribution in [0.2, 0.25) is 0 Å². The van der Waals surface area contributed by atoms with Gasteiger partial charge in [-0.2, -0.15) is 0 Å². The number of benzene rings is 3. The first-order valence-electron chi connectivity index (χ1n) is 25.1. The second kappa shape index (κ2) is 19.2. The highest BCUT2D eigenvalue weighted by Crippen LogP contribution is 2.60. The summed E-state index contributed by atoms with van der Waals surface area (Å²) in [6.07, 6.45) is 8.97. The van der Waals surface area contributed by atoms with Gasteiger partial charge in [-0.3, -0.25) is 14.4 Å². The number of carbonyl (C=O) groups excluding carboxylic acids is 4. The number of esters is 2. The highest BCUT2D eigenvalue weighted by molar-refractivity contribution is 5.97. The fourth-order valence-electron chi connectivity index (χ4n) is 11.8. The second-order valence-corrected chi connectivity index (χ2v) is 22.4. The van der Waals surface area contributed by atoms with E-state index in [0.29, 0.717) is 47.3 Å². The van der Waals surface area contributed by atoms with Crippen molar-refractivity contribution in [2.24, 2.45) is 17.3 Å². The minimum atomic E-state index is -1.00. The van der Waals surface area contributed by atoms with Crippen LogP contribution in [0.1, 0.15) is 126 Å². The van der Waals surface area contributed by atoms with Gasteiger partial charge in [-0.1, -0.05) is 92.2 Å². The molecule has 2 heterocycles. The molecule has 2 N–H and O–H groups in total. The lowest BCUT2D eigenvalue weighted by Crippen LogP contribution is -2.53. The zero-order valence-corrected chi connectivity index (χ0v) is 41.3. The van der Waals surface area contributed by atoms with E-state index in [0.717, 1.165) is 41.5 Å². The summed E-state index contributed by atoms with van der Waals surface area (Å²) < 4.78 is 31.6. The van der Waals surface area contributed by atoms with Crippen LogP contribution in [-0.4, -0.2) is 101 Å². The summed E-state index contributed by atoms with van der Waals surface area (Å²) in [6.45, 7) is 12.0. The van der Waals surface area contributed by atoms with Crippen molar-refractivity contribution in [2.75, 3.05) is 13.7 Å². The lowest BCUT2D eigenvalue weighted by Gasteiger charge is -2.53. The van der Waals surface area contributed by atoms with Crippen molar-refractivity contribution >= 4 is 29.8 Å². The smallest absolute Gasteiger partial charge is 0.338 e. The Kier molecular flexibility index (Phi) is 13.6. The van der Waals surface area contributed by atoms with Gasteiger partial charge in [0.15, 0.2) is 5.79 Å². The van der Waals surface area contributed by atoms with Crippen LogP contribution in [0.25, 0.3) is 6.08 Å². The van der Waals surface area contributed by atoms with E-state index in [-0.39, 0.29) is 31.3 Å². The molecule has 1 unspecified atom stereocenters. The molecule has 2 amide bonds. The Morgan fingerprint density at radius 1 is 0.913 bits per heavy atom. The van der Waals surface area contributed by atoms with Crippen molar-refractivity contribution < 1.29 is 48.0 Å². The molecular formula is C57H70N2O10. The first-order chi connectivity index (χ1) is 32.8. The third kappa shape index (κ3) is 10.8. The number of likely N-dealkylation sites (N-methyl/N-ethyl adjacent to an activating group) is 1. The molecule has 9 atom stereocenters. The number of allylic oxidation sites excluding steroid dienone is 1. The van der Waals surface area contributed by atoms with Gasteiger partial charge >= 0.3 is 11.9 Å². The standard InChI is InChI=1S/C57H70N2O10/c1-54(2,3)68-49(61)24-22-42(34-60)58-51(62)45(28-35-13-9-8-10-14-35)59(7)52(63)41-29-46(50-47(30-41)66-57(69-50)31-39-15-11-12-16-40(39)32-57)65-53(64)37-19-17-36(18-20-37)27-38-21-23-48-56(6,67-48)26-25-44-43(38)33-55(44,4)5/h8-20,27,30,42-48,50,60H,21-26,28-29,31-34H2,1-7H3,(H,58,62)/t42-,43+,44+,45+,46+,47+,48?,50-,56+/m0/s1. The van der Waals surface area contributed by atoms with Crippen LogP contribution in [0, 0.1) is 17.3 Å². The van der Waals surface area contributed by atoms with Crippen LogP contribution in [0.3, 0.4) is 0 Å². The average Bonchev–Trinajstić information content (AvgIpc) is 3.59. The molecule has 368 valence electrons. The molecule has 9 rings (SSSR count). The van der Waals surface area contributed by atoms with Gasteiger partial charge in [-0.05, 0) is 124 Å². The molecule has 2 saturated heterocycles. The molecule has 2 aliphatic heterocycles. The highest BCUT2D eigenvalue weighted by atomic mass is 16.8. The van der Waals surface area contributed by atoms with Crippen molar-refractivity contribution in [1.82, 2.24) is 10.2 Å². The number of amides is 2. The number of rotatable bonds is 13. The molecule has 6 aliphatic rings. The minimum Gasteiger partial charge on any atom is -0.460 e. The van der Waals surface area contributed by atoms with Gasteiger partial charge in [0.05, 0.1) is 29.9 Å². The fourth-order valence-corrected chi connectivity index (χ4v) is 11.8. The molecule has 69 heavy (non-hydrogen) atoms. The number of ether oxygens (including phenoxy) is 5. The predicted molar refractivity (Wildman–Crippen MR) is 261 cm³/mol. The predicted octanol–water partition coefficient (Wildman–Crippen LogP) is 8.27. The normalized spacial score (nSPS) is 28.7. The lowest BCUT2D eigenvalue weighted by molar-refractivity contribution is -0.172. The largest absolute Gasteiger partial charge is 0.460 e. The second-order valence-electron chi connectivity index (χ2n) is 22.4. The quantitative estimate of drug-likeness (QED) is 0.127. The Bertz CT molecular complexity index is 2450. The number of aliphatic hydroxyl groups is 1. The van der Waals surface area contributed by atoms with Gasteiger partial charge in [-0.15, -0.1) is 0 Å². The van der Waals surface area contributed by atoms with Crippen molar-refractivity contribution in [1.29, 1.82) is 0 Å². The van der Waals surface area contributed by atoms with Gasteiger partial charge in [0.25, 0.3) is 0 Å². The number of aliphatic hydroxyl groups excluding tert-OH is 1. The SMILES string of the molecule is CN(C(=O)C1=C[C@H]2OC3(Cc4ccccc4C3)O[C@H]2[C@H](OC(=O)c2ccc(C=C3CCC4O[C@]4(C)CC[C@@H]4[C@@H]3CC4(C)C)cc2)C1)[C@H](Cc1ccccc1)C(=O)N[C@H](CO)CCC(=O)OC(C)(C)C. The number of nitrogens with one attached hydrogen (secondary N) is 1. The molecule has 0 bridgehead atoms. The van der Waals surface area contributed by atoms with Crippen LogP contribution < -0.4 is 5.32 Å². The summed E-state index contributed by atoms with van der Waals surface area (Å²) in [6, 6.07) is 23.3. The molecule has 4 aliphatic carbocycles. The monoisotopic (exact) mass is 943 g/mol. The topological polar surface area (TPSA) is 153 Å². The fraction of sp³-hybridized carbons (Fsp3) is 0.544. The van der Waals surface area contributed by atoms with E-state index in [2.05, 4.69) is 44.3 Å². The Morgan fingerprint density at radius 2 is 1.61 bits per heavy atom. The van der Waals surface area contributed by atoms with Crippen LogP contribution in [0.15, 0.2) is 96.1 Å². The van der Waals surface area contributed by atoms with Crippen molar-refractivity contribution in [3.05, 3.63) is 124 Å². The van der Waals surface area contributed by atoms with E-state index in [1.165, 1.54) is 23.3 Å².